The molecular formula is C13H20O2. The fourth-order valence-electron chi connectivity index (χ4n) is 1.39. The number of hydrogen-bond donors (Lipinski definition) is 1. The van der Waals surface area contributed by atoms with Gasteiger partial charge < -0.3 is 9.84 Å². The average molecular weight is 208 g/mol. The van der Waals surface area contributed by atoms with E-state index in [0.717, 1.165) is 23.3 Å². The van der Waals surface area contributed by atoms with Crippen LogP contribution in [0.2, 0.25) is 0 Å². The molecule has 1 aromatic rings. The number of rotatable bonds is 5. The Kier molecular flexibility index (Phi) is 4.63. The van der Waals surface area contributed by atoms with Crippen LogP contribution in [0.15, 0.2) is 18.2 Å². The largest absolute Gasteiger partial charge is 0.493 e. The SMILES string of the molecule is CCC(C)COc1c(C)cccc1CO. The zero-order valence-corrected chi connectivity index (χ0v) is 9.79. The highest BCUT2D eigenvalue weighted by atomic mass is 16.5. The van der Waals surface area contributed by atoms with Gasteiger partial charge in [-0.25, -0.2) is 0 Å². The maximum Gasteiger partial charge on any atom is 0.127 e. The van der Waals surface area contributed by atoms with Gasteiger partial charge in [-0.15, -0.1) is 0 Å². The van der Waals surface area contributed by atoms with Crippen molar-refractivity contribution in [2.24, 2.45) is 5.92 Å². The summed E-state index contributed by atoms with van der Waals surface area (Å²) >= 11 is 0. The maximum atomic E-state index is 9.19. The van der Waals surface area contributed by atoms with Gasteiger partial charge in [-0.2, -0.15) is 0 Å². The van der Waals surface area contributed by atoms with Crippen molar-refractivity contribution < 1.29 is 9.84 Å². The summed E-state index contributed by atoms with van der Waals surface area (Å²) in [5, 5.41) is 9.19. The first kappa shape index (κ1) is 12.1. The molecule has 15 heavy (non-hydrogen) atoms. The fourth-order valence-corrected chi connectivity index (χ4v) is 1.39. The summed E-state index contributed by atoms with van der Waals surface area (Å²) in [6, 6.07) is 5.85. The van der Waals surface area contributed by atoms with E-state index in [1.54, 1.807) is 0 Å². The molecule has 1 rings (SSSR count). The van der Waals surface area contributed by atoms with E-state index in [4.69, 9.17) is 4.74 Å². The van der Waals surface area contributed by atoms with Crippen LogP contribution in [0.1, 0.15) is 31.4 Å². The number of aliphatic hydroxyl groups is 1. The van der Waals surface area contributed by atoms with Gasteiger partial charge in [-0.3, -0.25) is 0 Å². The van der Waals surface area contributed by atoms with Crippen molar-refractivity contribution in [3.05, 3.63) is 29.3 Å². The predicted molar refractivity (Wildman–Crippen MR) is 62.1 cm³/mol. The van der Waals surface area contributed by atoms with E-state index in [2.05, 4.69) is 13.8 Å². The van der Waals surface area contributed by atoms with Crippen molar-refractivity contribution >= 4 is 0 Å². The second-order valence-corrected chi connectivity index (χ2v) is 4.05. The molecule has 0 aromatic heterocycles. The highest BCUT2D eigenvalue weighted by Crippen LogP contribution is 2.24. The maximum absolute atomic E-state index is 9.19. The van der Waals surface area contributed by atoms with Gasteiger partial charge in [0.25, 0.3) is 0 Å². The molecule has 1 atom stereocenters. The van der Waals surface area contributed by atoms with Crippen molar-refractivity contribution in [1.82, 2.24) is 0 Å². The molecule has 1 aromatic carbocycles. The molecule has 0 spiro atoms. The number of aryl methyl sites for hydroxylation is 1. The second-order valence-electron chi connectivity index (χ2n) is 4.05. The van der Waals surface area contributed by atoms with Crippen LogP contribution in [0.4, 0.5) is 0 Å². The molecule has 0 aliphatic carbocycles. The minimum absolute atomic E-state index is 0.0392. The van der Waals surface area contributed by atoms with E-state index in [9.17, 15) is 5.11 Å². The second kappa shape index (κ2) is 5.76. The van der Waals surface area contributed by atoms with Gasteiger partial charge in [0.15, 0.2) is 0 Å². The highest BCUT2D eigenvalue weighted by molar-refractivity contribution is 5.40. The van der Waals surface area contributed by atoms with E-state index < -0.39 is 0 Å². The first-order chi connectivity index (χ1) is 7.19. The minimum Gasteiger partial charge on any atom is -0.493 e. The average Bonchev–Trinajstić information content (AvgIpc) is 2.26. The molecule has 0 fully saturated rings. The fraction of sp³-hybridized carbons (Fsp3) is 0.538. The molecule has 0 saturated carbocycles. The zero-order chi connectivity index (χ0) is 11.3. The molecule has 2 nitrogen and oxygen atoms in total. The van der Waals surface area contributed by atoms with Crippen molar-refractivity contribution in [2.75, 3.05) is 6.61 Å². The summed E-state index contributed by atoms with van der Waals surface area (Å²) in [7, 11) is 0. The molecule has 84 valence electrons. The third-order valence-corrected chi connectivity index (χ3v) is 2.67. The number of aliphatic hydroxyl groups excluding tert-OH is 1. The zero-order valence-electron chi connectivity index (χ0n) is 9.79. The van der Waals surface area contributed by atoms with Crippen LogP contribution in [0.25, 0.3) is 0 Å². The number of benzene rings is 1. The lowest BCUT2D eigenvalue weighted by molar-refractivity contribution is 0.236. The summed E-state index contributed by atoms with van der Waals surface area (Å²) in [6.45, 7) is 7.08. The molecule has 0 heterocycles. The van der Waals surface area contributed by atoms with Gasteiger partial charge >= 0.3 is 0 Å². The van der Waals surface area contributed by atoms with E-state index in [0.29, 0.717) is 12.5 Å². The van der Waals surface area contributed by atoms with Crippen molar-refractivity contribution in [3.8, 4) is 5.75 Å². The monoisotopic (exact) mass is 208 g/mol. The lowest BCUT2D eigenvalue weighted by atomic mass is 10.1. The van der Waals surface area contributed by atoms with Crippen molar-refractivity contribution in [1.29, 1.82) is 0 Å². The Labute approximate surface area is 91.9 Å². The molecule has 0 bridgehead atoms. The van der Waals surface area contributed by atoms with Gasteiger partial charge in [-0.05, 0) is 18.4 Å². The van der Waals surface area contributed by atoms with E-state index in [1.807, 2.05) is 25.1 Å². The molecule has 0 aliphatic rings. The molecule has 1 unspecified atom stereocenters. The summed E-state index contributed by atoms with van der Waals surface area (Å²) in [5.41, 5.74) is 1.96. The molecule has 0 saturated heterocycles. The first-order valence-corrected chi connectivity index (χ1v) is 5.51. The Morgan fingerprint density at radius 2 is 2.13 bits per heavy atom. The molecule has 1 N–H and O–H groups in total. The molecule has 0 radical (unpaired) electrons. The minimum atomic E-state index is 0.0392. The Morgan fingerprint density at radius 1 is 1.40 bits per heavy atom. The Balaban J connectivity index is 2.74. The molecular weight excluding hydrogens is 188 g/mol. The van der Waals surface area contributed by atoms with Gasteiger partial charge in [0, 0.05) is 5.56 Å². The third-order valence-electron chi connectivity index (χ3n) is 2.67. The van der Waals surface area contributed by atoms with E-state index in [1.165, 1.54) is 0 Å². The molecule has 2 heteroatoms. The van der Waals surface area contributed by atoms with Crippen LogP contribution in [-0.4, -0.2) is 11.7 Å². The van der Waals surface area contributed by atoms with Crippen LogP contribution >= 0.6 is 0 Å². The number of ether oxygens (including phenoxy) is 1. The lowest BCUT2D eigenvalue weighted by Crippen LogP contribution is -2.09. The first-order valence-electron chi connectivity index (χ1n) is 5.51. The molecule has 0 amide bonds. The smallest absolute Gasteiger partial charge is 0.127 e. The Bertz CT molecular complexity index is 307. The standard InChI is InChI=1S/C13H20O2/c1-4-10(2)9-15-13-11(3)6-5-7-12(13)8-14/h5-7,10,14H,4,8-9H2,1-3H3. The normalized spacial score (nSPS) is 12.5. The van der Waals surface area contributed by atoms with Crippen molar-refractivity contribution in [2.45, 2.75) is 33.8 Å². The summed E-state index contributed by atoms with van der Waals surface area (Å²) in [4.78, 5) is 0. The molecule has 0 aliphatic heterocycles. The van der Waals surface area contributed by atoms with Gasteiger partial charge in [-0.1, -0.05) is 38.5 Å². The predicted octanol–water partition coefficient (Wildman–Crippen LogP) is 2.91. The quantitative estimate of drug-likeness (QED) is 0.806. The topological polar surface area (TPSA) is 29.5 Å². The van der Waals surface area contributed by atoms with Crippen LogP contribution in [-0.2, 0) is 6.61 Å². The third kappa shape index (κ3) is 3.24. The van der Waals surface area contributed by atoms with Gasteiger partial charge in [0.05, 0.1) is 13.2 Å². The number of para-hydroxylation sites is 1. The number of hydrogen-bond acceptors (Lipinski definition) is 2. The van der Waals surface area contributed by atoms with Gasteiger partial charge in [0.1, 0.15) is 5.75 Å². The lowest BCUT2D eigenvalue weighted by Gasteiger charge is -2.15. The van der Waals surface area contributed by atoms with Gasteiger partial charge in [0.2, 0.25) is 0 Å². The van der Waals surface area contributed by atoms with E-state index in [-0.39, 0.29) is 6.61 Å². The summed E-state index contributed by atoms with van der Waals surface area (Å²) in [5.74, 6) is 1.40. The van der Waals surface area contributed by atoms with Crippen LogP contribution in [0, 0.1) is 12.8 Å². The highest BCUT2D eigenvalue weighted by Gasteiger charge is 2.07. The van der Waals surface area contributed by atoms with Crippen LogP contribution < -0.4 is 4.74 Å². The van der Waals surface area contributed by atoms with Crippen LogP contribution in [0.3, 0.4) is 0 Å². The Morgan fingerprint density at radius 3 is 2.73 bits per heavy atom. The van der Waals surface area contributed by atoms with Crippen molar-refractivity contribution in [3.63, 3.8) is 0 Å². The summed E-state index contributed by atoms with van der Waals surface area (Å²) < 4.78 is 5.75. The van der Waals surface area contributed by atoms with E-state index >= 15 is 0 Å². The Hall–Kier alpha value is -1.02. The van der Waals surface area contributed by atoms with Crippen LogP contribution in [0.5, 0.6) is 5.75 Å². The summed E-state index contributed by atoms with van der Waals surface area (Å²) in [6.07, 6.45) is 1.11.